The summed E-state index contributed by atoms with van der Waals surface area (Å²) >= 11 is 0. The zero-order valence-electron chi connectivity index (χ0n) is 17.7. The van der Waals surface area contributed by atoms with Gasteiger partial charge in [0.2, 0.25) is 10.0 Å². The highest BCUT2D eigenvalue weighted by Crippen LogP contribution is 2.39. The Morgan fingerprint density at radius 2 is 1.72 bits per heavy atom. The van der Waals surface area contributed by atoms with Crippen molar-refractivity contribution in [3.05, 3.63) is 53.1 Å². The second-order valence-electron chi connectivity index (χ2n) is 8.51. The van der Waals surface area contributed by atoms with Crippen molar-refractivity contribution in [2.45, 2.75) is 51.2 Å². The average Bonchev–Trinajstić information content (AvgIpc) is 3.16. The summed E-state index contributed by atoms with van der Waals surface area (Å²) in [5.41, 5.74) is 1.74. The van der Waals surface area contributed by atoms with E-state index in [9.17, 15) is 21.6 Å². The summed E-state index contributed by atoms with van der Waals surface area (Å²) in [5.74, 6) is -2.86. The minimum atomic E-state index is -3.25. The molecule has 0 amide bonds. The van der Waals surface area contributed by atoms with Gasteiger partial charge in [-0.25, -0.2) is 26.3 Å². The second-order valence-corrected chi connectivity index (χ2v) is 10.3. The molecule has 32 heavy (non-hydrogen) atoms. The third-order valence-electron chi connectivity index (χ3n) is 5.91. The Morgan fingerprint density at radius 1 is 1.06 bits per heavy atom. The number of aromatic nitrogens is 1. The molecule has 0 saturated heterocycles. The maximum Gasteiger partial charge on any atom is 0.208 e. The minimum Gasteiger partial charge on any atom is -0.386 e. The molecule has 1 aromatic heterocycles. The molecule has 0 spiro atoms. The molecule has 1 saturated carbocycles. The van der Waals surface area contributed by atoms with Crippen LogP contribution in [0.2, 0.25) is 0 Å². The number of oxime groups is 1. The summed E-state index contributed by atoms with van der Waals surface area (Å²) in [5, 5.41) is 4.22. The Hall–Kier alpha value is -2.46. The van der Waals surface area contributed by atoms with E-state index in [4.69, 9.17) is 4.84 Å². The van der Waals surface area contributed by atoms with Crippen LogP contribution in [-0.2, 0) is 14.9 Å². The van der Waals surface area contributed by atoms with E-state index in [2.05, 4.69) is 14.9 Å². The SMILES string of the molecule is Cc1cnc(C2CC(C3CCC(NS(C)(=O)=O)CC3)=NO2)c(-c2c(F)cc(F)cc2F)c1. The smallest absolute Gasteiger partial charge is 0.208 e. The molecule has 1 atom stereocenters. The van der Waals surface area contributed by atoms with Crippen LogP contribution in [0, 0.1) is 30.3 Å². The van der Waals surface area contributed by atoms with Crippen molar-refractivity contribution in [1.82, 2.24) is 9.71 Å². The third-order valence-corrected chi connectivity index (χ3v) is 6.67. The molecular weight excluding hydrogens is 443 g/mol. The van der Waals surface area contributed by atoms with Crippen LogP contribution in [0.3, 0.4) is 0 Å². The molecular formula is C22H24F3N3O3S. The number of nitrogens with one attached hydrogen (secondary N) is 1. The summed E-state index contributed by atoms with van der Waals surface area (Å²) in [6, 6.07) is 2.80. The Balaban J connectivity index is 1.52. The summed E-state index contributed by atoms with van der Waals surface area (Å²) < 4.78 is 67.9. The van der Waals surface area contributed by atoms with Gasteiger partial charge in [0.15, 0.2) is 6.10 Å². The summed E-state index contributed by atoms with van der Waals surface area (Å²) in [7, 11) is -3.25. The monoisotopic (exact) mass is 467 g/mol. The molecule has 1 fully saturated rings. The van der Waals surface area contributed by atoms with E-state index in [1.54, 1.807) is 19.2 Å². The molecule has 2 heterocycles. The number of nitrogens with zero attached hydrogens (tertiary/aromatic N) is 2. The molecule has 0 bridgehead atoms. The first-order valence-corrected chi connectivity index (χ1v) is 12.3. The van der Waals surface area contributed by atoms with Crippen molar-refractivity contribution in [3.8, 4) is 11.1 Å². The minimum absolute atomic E-state index is 0.0882. The third kappa shape index (κ3) is 4.96. The predicted molar refractivity (Wildman–Crippen MR) is 114 cm³/mol. The molecule has 1 aromatic carbocycles. The van der Waals surface area contributed by atoms with Crippen molar-refractivity contribution >= 4 is 15.7 Å². The Labute approximate surface area is 184 Å². The van der Waals surface area contributed by atoms with Crippen molar-refractivity contribution in [3.63, 3.8) is 0 Å². The van der Waals surface area contributed by atoms with E-state index >= 15 is 0 Å². The van der Waals surface area contributed by atoms with Crippen LogP contribution >= 0.6 is 0 Å². The number of rotatable bonds is 5. The maximum absolute atomic E-state index is 14.5. The first-order chi connectivity index (χ1) is 15.1. The van der Waals surface area contributed by atoms with Gasteiger partial charge in [-0.15, -0.1) is 0 Å². The molecule has 4 rings (SSSR count). The summed E-state index contributed by atoms with van der Waals surface area (Å²) in [4.78, 5) is 9.98. The quantitative estimate of drug-likeness (QED) is 0.707. The fourth-order valence-corrected chi connectivity index (χ4v) is 5.31. The number of benzene rings is 1. The number of halogens is 3. The van der Waals surface area contributed by atoms with Gasteiger partial charge in [0.05, 0.1) is 23.2 Å². The van der Waals surface area contributed by atoms with E-state index in [-0.39, 0.29) is 23.1 Å². The van der Waals surface area contributed by atoms with Crippen molar-refractivity contribution < 1.29 is 26.4 Å². The van der Waals surface area contributed by atoms with Crippen LogP contribution in [0.5, 0.6) is 0 Å². The van der Waals surface area contributed by atoms with Gasteiger partial charge in [0, 0.05) is 42.3 Å². The number of aryl methyl sites for hydroxylation is 1. The lowest BCUT2D eigenvalue weighted by molar-refractivity contribution is 0.0829. The predicted octanol–water partition coefficient (Wildman–Crippen LogP) is 4.40. The van der Waals surface area contributed by atoms with E-state index in [1.165, 1.54) is 0 Å². The van der Waals surface area contributed by atoms with E-state index in [1.807, 2.05) is 0 Å². The van der Waals surface area contributed by atoms with E-state index in [0.29, 0.717) is 42.7 Å². The topological polar surface area (TPSA) is 80.7 Å². The van der Waals surface area contributed by atoms with Crippen molar-refractivity contribution in [2.75, 3.05) is 6.26 Å². The average molecular weight is 468 g/mol. The maximum atomic E-state index is 14.5. The van der Waals surface area contributed by atoms with Gasteiger partial charge in [-0.05, 0) is 44.2 Å². The van der Waals surface area contributed by atoms with Crippen LogP contribution in [0.25, 0.3) is 11.1 Å². The molecule has 1 N–H and O–H groups in total. The first kappa shape index (κ1) is 22.7. The van der Waals surface area contributed by atoms with Gasteiger partial charge in [-0.3, -0.25) is 4.98 Å². The lowest BCUT2D eigenvalue weighted by Gasteiger charge is -2.28. The van der Waals surface area contributed by atoms with Crippen LogP contribution in [-0.4, -0.2) is 31.4 Å². The number of hydrogen-bond acceptors (Lipinski definition) is 5. The normalized spacial score (nSPS) is 23.7. The van der Waals surface area contributed by atoms with Gasteiger partial charge < -0.3 is 4.84 Å². The number of hydrogen-bond donors (Lipinski definition) is 1. The standard InChI is InChI=1S/C22H24F3N3O3S/c1-12-7-16(21-17(24)8-14(23)9-18(21)25)22(26-11-12)20-10-19(27-31-20)13-3-5-15(6-4-13)28-32(2,29)30/h7-9,11,13,15,20,28H,3-6,10H2,1-2H3. The van der Waals surface area contributed by atoms with Gasteiger partial charge in [0.1, 0.15) is 17.5 Å². The van der Waals surface area contributed by atoms with Crippen LogP contribution in [0.1, 0.15) is 49.5 Å². The highest BCUT2D eigenvalue weighted by molar-refractivity contribution is 7.88. The summed E-state index contributed by atoms with van der Waals surface area (Å²) in [6.07, 6.45) is 5.45. The Kier molecular flexibility index (Phi) is 6.26. The molecule has 2 aliphatic rings. The molecule has 6 nitrogen and oxygen atoms in total. The van der Waals surface area contributed by atoms with Gasteiger partial charge in [-0.1, -0.05) is 5.16 Å². The molecule has 10 heteroatoms. The van der Waals surface area contributed by atoms with Crippen LogP contribution in [0.4, 0.5) is 13.2 Å². The van der Waals surface area contributed by atoms with Crippen LogP contribution in [0.15, 0.2) is 29.6 Å². The Bertz CT molecular complexity index is 1140. The molecule has 172 valence electrons. The first-order valence-electron chi connectivity index (χ1n) is 10.4. The number of pyridine rings is 1. The fraction of sp³-hybridized carbons (Fsp3) is 0.455. The number of sulfonamides is 1. The second kappa shape index (κ2) is 8.82. The van der Waals surface area contributed by atoms with Gasteiger partial charge in [0.25, 0.3) is 0 Å². The van der Waals surface area contributed by atoms with Gasteiger partial charge >= 0.3 is 0 Å². The van der Waals surface area contributed by atoms with Gasteiger partial charge in [-0.2, -0.15) is 0 Å². The molecule has 2 aromatic rings. The molecule has 0 radical (unpaired) electrons. The van der Waals surface area contributed by atoms with Crippen molar-refractivity contribution in [1.29, 1.82) is 0 Å². The highest BCUT2D eigenvalue weighted by Gasteiger charge is 2.34. The largest absolute Gasteiger partial charge is 0.386 e. The highest BCUT2D eigenvalue weighted by atomic mass is 32.2. The summed E-state index contributed by atoms with van der Waals surface area (Å²) in [6.45, 7) is 1.75. The Morgan fingerprint density at radius 3 is 2.34 bits per heavy atom. The van der Waals surface area contributed by atoms with E-state index in [0.717, 1.165) is 24.8 Å². The van der Waals surface area contributed by atoms with E-state index < -0.39 is 33.6 Å². The lowest BCUT2D eigenvalue weighted by atomic mass is 9.81. The lowest BCUT2D eigenvalue weighted by Crippen LogP contribution is -2.38. The zero-order chi connectivity index (χ0) is 23.0. The zero-order valence-corrected chi connectivity index (χ0v) is 18.6. The molecule has 1 aliphatic heterocycles. The molecule has 1 aliphatic carbocycles. The van der Waals surface area contributed by atoms with Crippen LogP contribution < -0.4 is 4.72 Å². The molecule has 1 unspecified atom stereocenters. The fourth-order valence-electron chi connectivity index (χ4n) is 4.47. The van der Waals surface area contributed by atoms with Crippen molar-refractivity contribution in [2.24, 2.45) is 11.1 Å².